The highest BCUT2D eigenvalue weighted by atomic mass is 15.3. The normalized spacial score (nSPS) is 11.0. The van der Waals surface area contributed by atoms with Gasteiger partial charge in [0.15, 0.2) is 5.82 Å². The summed E-state index contributed by atoms with van der Waals surface area (Å²) < 4.78 is 3.70. The van der Waals surface area contributed by atoms with Crippen LogP contribution in [0.1, 0.15) is 0 Å². The summed E-state index contributed by atoms with van der Waals surface area (Å²) in [6.45, 7) is 0. The molecule has 6 nitrogen and oxygen atoms in total. The largest absolute Gasteiger partial charge is 0.282 e. The van der Waals surface area contributed by atoms with E-state index < -0.39 is 0 Å². The Balaban J connectivity index is 1.94. The molecular formula is C14H10N6. The lowest BCUT2D eigenvalue weighted by molar-refractivity contribution is 0.946. The maximum atomic E-state index is 4.30. The molecular weight excluding hydrogens is 252 g/mol. The first-order valence-electron chi connectivity index (χ1n) is 6.16. The molecule has 0 aliphatic heterocycles. The quantitative estimate of drug-likeness (QED) is 0.554. The van der Waals surface area contributed by atoms with Gasteiger partial charge in [-0.25, -0.2) is 4.52 Å². The van der Waals surface area contributed by atoms with Crippen molar-refractivity contribution < 1.29 is 0 Å². The minimum absolute atomic E-state index is 0.749. The minimum Gasteiger partial charge on any atom is -0.282 e. The number of rotatable bonds is 2. The summed E-state index contributed by atoms with van der Waals surface area (Å²) in [6.07, 6.45) is 8.76. The summed E-state index contributed by atoms with van der Waals surface area (Å²) >= 11 is 0. The second-order valence-electron chi connectivity index (χ2n) is 4.32. The molecule has 0 unspecified atom stereocenters. The van der Waals surface area contributed by atoms with Gasteiger partial charge >= 0.3 is 0 Å². The fourth-order valence-electron chi connectivity index (χ4n) is 2.20. The average Bonchev–Trinajstić information content (AvgIpc) is 3.14. The van der Waals surface area contributed by atoms with Crippen molar-refractivity contribution in [2.75, 3.05) is 0 Å². The molecule has 0 radical (unpaired) electrons. The van der Waals surface area contributed by atoms with E-state index in [-0.39, 0.29) is 0 Å². The number of fused-ring (bicyclic) bond motifs is 1. The summed E-state index contributed by atoms with van der Waals surface area (Å²) in [5, 5.41) is 12.5. The first kappa shape index (κ1) is 10.9. The van der Waals surface area contributed by atoms with Crippen molar-refractivity contribution in [2.24, 2.45) is 0 Å². The van der Waals surface area contributed by atoms with E-state index in [4.69, 9.17) is 0 Å². The summed E-state index contributed by atoms with van der Waals surface area (Å²) in [4.78, 5) is 4.14. The monoisotopic (exact) mass is 262 g/mol. The van der Waals surface area contributed by atoms with E-state index in [1.165, 1.54) is 0 Å². The van der Waals surface area contributed by atoms with Gasteiger partial charge in [0, 0.05) is 18.1 Å². The summed E-state index contributed by atoms with van der Waals surface area (Å²) in [5.74, 6) is 0.749. The van der Waals surface area contributed by atoms with E-state index in [0.29, 0.717) is 0 Å². The smallest absolute Gasteiger partial charge is 0.172 e. The van der Waals surface area contributed by atoms with Crippen LogP contribution in [0.25, 0.3) is 22.6 Å². The van der Waals surface area contributed by atoms with Gasteiger partial charge in [-0.05, 0) is 12.1 Å². The van der Waals surface area contributed by atoms with Gasteiger partial charge < -0.3 is 0 Å². The Kier molecular flexibility index (Phi) is 2.32. The highest BCUT2D eigenvalue weighted by Crippen LogP contribution is 2.24. The van der Waals surface area contributed by atoms with E-state index in [1.54, 1.807) is 29.4 Å². The summed E-state index contributed by atoms with van der Waals surface area (Å²) in [5.41, 5.74) is 2.81. The van der Waals surface area contributed by atoms with Gasteiger partial charge in [0.05, 0.1) is 23.5 Å². The van der Waals surface area contributed by atoms with Crippen molar-refractivity contribution in [1.29, 1.82) is 0 Å². The van der Waals surface area contributed by atoms with Crippen molar-refractivity contribution in [2.45, 2.75) is 0 Å². The molecule has 0 bridgehead atoms. The molecule has 0 saturated carbocycles. The third-order valence-electron chi connectivity index (χ3n) is 3.15. The number of benzene rings is 1. The first-order valence-corrected chi connectivity index (χ1v) is 6.16. The van der Waals surface area contributed by atoms with Crippen LogP contribution in [0, 0.1) is 0 Å². The summed E-state index contributed by atoms with van der Waals surface area (Å²) in [7, 11) is 0. The van der Waals surface area contributed by atoms with Crippen LogP contribution in [0.3, 0.4) is 0 Å². The fourth-order valence-corrected chi connectivity index (χ4v) is 2.20. The van der Waals surface area contributed by atoms with Crippen LogP contribution >= 0.6 is 0 Å². The van der Waals surface area contributed by atoms with Crippen LogP contribution in [0.2, 0.25) is 0 Å². The highest BCUT2D eigenvalue weighted by Gasteiger charge is 2.13. The van der Waals surface area contributed by atoms with Crippen LogP contribution in [0.15, 0.2) is 61.4 Å². The molecule has 0 atom stereocenters. The van der Waals surface area contributed by atoms with Crippen LogP contribution in [-0.4, -0.2) is 29.4 Å². The molecule has 3 aromatic heterocycles. The number of hydrogen-bond acceptors (Lipinski definition) is 4. The fraction of sp³-hybridized carbons (Fsp3) is 0. The van der Waals surface area contributed by atoms with Crippen LogP contribution < -0.4 is 0 Å². The number of aromatic nitrogens is 6. The predicted molar refractivity (Wildman–Crippen MR) is 73.3 cm³/mol. The standard InChI is InChI=1S/C14H10N6/c1-2-4-11(5-3-1)19-10-16-18-14(19)12-8-17-20-7-6-15-9-13(12)20/h1-10H. The molecule has 0 amide bonds. The molecule has 6 heteroatoms. The maximum absolute atomic E-state index is 4.30. The number of nitrogens with zero attached hydrogens (tertiary/aromatic N) is 6. The summed E-state index contributed by atoms with van der Waals surface area (Å²) in [6, 6.07) is 9.97. The van der Waals surface area contributed by atoms with E-state index >= 15 is 0 Å². The Morgan fingerprint density at radius 2 is 1.90 bits per heavy atom. The van der Waals surface area contributed by atoms with Gasteiger partial charge in [0.25, 0.3) is 0 Å². The third kappa shape index (κ3) is 1.58. The van der Waals surface area contributed by atoms with E-state index in [1.807, 2.05) is 41.1 Å². The highest BCUT2D eigenvalue weighted by molar-refractivity contribution is 5.75. The first-order chi connectivity index (χ1) is 9.93. The molecule has 1 aromatic carbocycles. The second-order valence-corrected chi connectivity index (χ2v) is 4.32. The van der Waals surface area contributed by atoms with Gasteiger partial charge in [0.1, 0.15) is 6.33 Å². The Bertz CT molecular complexity index is 861. The van der Waals surface area contributed by atoms with Crippen LogP contribution in [-0.2, 0) is 0 Å². The molecule has 4 rings (SSSR count). The molecule has 96 valence electrons. The minimum atomic E-state index is 0.749. The molecule has 0 fully saturated rings. The van der Waals surface area contributed by atoms with Crippen LogP contribution in [0.4, 0.5) is 0 Å². The van der Waals surface area contributed by atoms with Crippen molar-refractivity contribution in [3.63, 3.8) is 0 Å². The molecule has 4 aromatic rings. The van der Waals surface area contributed by atoms with Crippen molar-refractivity contribution in [3.05, 3.63) is 61.4 Å². The average molecular weight is 262 g/mol. The van der Waals surface area contributed by atoms with Gasteiger partial charge in [-0.15, -0.1) is 10.2 Å². The van der Waals surface area contributed by atoms with Crippen molar-refractivity contribution in [1.82, 2.24) is 29.4 Å². The Morgan fingerprint density at radius 1 is 1.00 bits per heavy atom. The van der Waals surface area contributed by atoms with Gasteiger partial charge in [-0.1, -0.05) is 18.2 Å². The lowest BCUT2D eigenvalue weighted by atomic mass is 10.2. The van der Waals surface area contributed by atoms with Crippen molar-refractivity contribution >= 4 is 5.52 Å². The van der Waals surface area contributed by atoms with Gasteiger partial charge in [0.2, 0.25) is 0 Å². The molecule has 3 heterocycles. The zero-order valence-electron chi connectivity index (χ0n) is 10.5. The molecule has 20 heavy (non-hydrogen) atoms. The molecule has 0 saturated heterocycles. The third-order valence-corrected chi connectivity index (χ3v) is 3.15. The lowest BCUT2D eigenvalue weighted by Crippen LogP contribution is -1.95. The Labute approximate surface area is 114 Å². The zero-order valence-corrected chi connectivity index (χ0v) is 10.5. The lowest BCUT2D eigenvalue weighted by Gasteiger charge is -2.04. The zero-order chi connectivity index (χ0) is 13.4. The maximum Gasteiger partial charge on any atom is 0.172 e. The predicted octanol–water partition coefficient (Wildman–Crippen LogP) is 1.98. The van der Waals surface area contributed by atoms with Gasteiger partial charge in [-0.3, -0.25) is 9.55 Å². The van der Waals surface area contributed by atoms with E-state index in [2.05, 4.69) is 20.3 Å². The molecule has 0 spiro atoms. The topological polar surface area (TPSA) is 60.9 Å². The second kappa shape index (κ2) is 4.27. The van der Waals surface area contributed by atoms with Gasteiger partial charge in [-0.2, -0.15) is 5.10 Å². The Hall–Kier alpha value is -3.02. The van der Waals surface area contributed by atoms with Crippen LogP contribution in [0.5, 0.6) is 0 Å². The van der Waals surface area contributed by atoms with E-state index in [0.717, 1.165) is 22.6 Å². The van der Waals surface area contributed by atoms with Crippen molar-refractivity contribution in [3.8, 4) is 17.1 Å². The molecule has 0 aliphatic rings. The molecule has 0 N–H and O–H groups in total. The molecule has 0 aliphatic carbocycles. The Morgan fingerprint density at radius 3 is 2.80 bits per heavy atom. The number of para-hydroxylation sites is 1. The number of hydrogen-bond donors (Lipinski definition) is 0. The van der Waals surface area contributed by atoms with E-state index in [9.17, 15) is 0 Å². The SMILES string of the molecule is c1ccc(-n2cnnc2-c2cnn3ccncc23)cc1.